The van der Waals surface area contributed by atoms with Crippen LogP contribution in [0.1, 0.15) is 60.5 Å². The molecule has 21 heavy (non-hydrogen) atoms. The van der Waals surface area contributed by atoms with Crippen LogP contribution in [0.4, 0.5) is 0 Å². The number of aliphatic hydroxyl groups excluding tert-OH is 1. The molecule has 3 heteroatoms. The molecule has 0 aliphatic carbocycles. The van der Waals surface area contributed by atoms with Crippen LogP contribution in [-0.2, 0) is 0 Å². The predicted molar refractivity (Wildman–Crippen MR) is 86.2 cm³/mol. The summed E-state index contributed by atoms with van der Waals surface area (Å²) in [5.74, 6) is 5.88. The minimum absolute atomic E-state index is 0.0236. The molecule has 0 radical (unpaired) electrons. The molecule has 0 heterocycles. The monoisotopic (exact) mass is 287 g/mol. The maximum atomic E-state index is 12.0. The van der Waals surface area contributed by atoms with Crippen molar-refractivity contribution in [2.45, 2.75) is 46.0 Å². The van der Waals surface area contributed by atoms with Crippen molar-refractivity contribution < 1.29 is 9.90 Å². The average molecular weight is 287 g/mol. The molecule has 0 unspecified atom stereocenters. The van der Waals surface area contributed by atoms with Gasteiger partial charge in [0.25, 0.3) is 5.91 Å². The van der Waals surface area contributed by atoms with Gasteiger partial charge >= 0.3 is 0 Å². The summed E-state index contributed by atoms with van der Waals surface area (Å²) in [5, 5.41) is 11.7. The highest BCUT2D eigenvalue weighted by molar-refractivity contribution is 5.94. The van der Waals surface area contributed by atoms with Crippen LogP contribution in [-0.4, -0.2) is 24.2 Å². The minimum Gasteiger partial charge on any atom is -0.395 e. The standard InChI is InChI=1S/C18H25NO2/c1-3-4-5-7-12-19-18(21)17-11-10-16(15(2)14-17)9-6-8-13-20/h10-11,14,20H,3-5,7-8,12-13H2,1-2H3,(H,19,21). The molecular weight excluding hydrogens is 262 g/mol. The summed E-state index contributed by atoms with van der Waals surface area (Å²) < 4.78 is 0. The Morgan fingerprint density at radius 2 is 2.10 bits per heavy atom. The van der Waals surface area contributed by atoms with Crippen molar-refractivity contribution >= 4 is 5.91 Å². The molecule has 0 bridgehead atoms. The summed E-state index contributed by atoms with van der Waals surface area (Å²) in [7, 11) is 0. The molecule has 114 valence electrons. The predicted octanol–water partition coefficient (Wildman–Crippen LogP) is 3.04. The zero-order valence-corrected chi connectivity index (χ0v) is 13.0. The normalized spacial score (nSPS) is 9.86. The highest BCUT2D eigenvalue weighted by Gasteiger charge is 2.06. The minimum atomic E-state index is -0.0236. The summed E-state index contributed by atoms with van der Waals surface area (Å²) in [6.07, 6.45) is 5.08. The second-order valence-corrected chi connectivity index (χ2v) is 5.12. The quantitative estimate of drug-likeness (QED) is 0.598. The Hall–Kier alpha value is -1.79. The first-order valence-electron chi connectivity index (χ1n) is 7.67. The molecule has 0 atom stereocenters. The average Bonchev–Trinajstić information content (AvgIpc) is 2.48. The van der Waals surface area contributed by atoms with Crippen molar-refractivity contribution in [2.75, 3.05) is 13.2 Å². The van der Waals surface area contributed by atoms with Crippen molar-refractivity contribution in [1.29, 1.82) is 0 Å². The number of benzene rings is 1. The number of amides is 1. The van der Waals surface area contributed by atoms with E-state index < -0.39 is 0 Å². The summed E-state index contributed by atoms with van der Waals surface area (Å²) >= 11 is 0. The lowest BCUT2D eigenvalue weighted by Crippen LogP contribution is -2.24. The number of carbonyl (C=O) groups is 1. The van der Waals surface area contributed by atoms with Crippen LogP contribution in [0.2, 0.25) is 0 Å². The maximum absolute atomic E-state index is 12.0. The van der Waals surface area contributed by atoms with Gasteiger partial charge in [0.15, 0.2) is 0 Å². The van der Waals surface area contributed by atoms with Crippen molar-refractivity contribution in [1.82, 2.24) is 5.32 Å². The van der Waals surface area contributed by atoms with Gasteiger partial charge in [-0.2, -0.15) is 0 Å². The van der Waals surface area contributed by atoms with Gasteiger partial charge in [-0.3, -0.25) is 4.79 Å². The SMILES string of the molecule is CCCCCCNC(=O)c1ccc(C#CCCO)c(C)c1. The molecule has 1 rings (SSSR count). The van der Waals surface area contributed by atoms with Gasteiger partial charge in [-0.25, -0.2) is 0 Å². The van der Waals surface area contributed by atoms with Crippen LogP contribution < -0.4 is 5.32 Å². The van der Waals surface area contributed by atoms with E-state index in [-0.39, 0.29) is 12.5 Å². The fourth-order valence-corrected chi connectivity index (χ4v) is 2.01. The largest absolute Gasteiger partial charge is 0.395 e. The first-order valence-corrected chi connectivity index (χ1v) is 7.67. The molecule has 0 aromatic heterocycles. The molecular formula is C18H25NO2. The number of hydrogen-bond acceptors (Lipinski definition) is 2. The van der Waals surface area contributed by atoms with Crippen molar-refractivity contribution in [3.8, 4) is 11.8 Å². The third-order valence-corrected chi connectivity index (χ3v) is 3.26. The Morgan fingerprint density at radius 1 is 1.29 bits per heavy atom. The van der Waals surface area contributed by atoms with Crippen LogP contribution in [0.25, 0.3) is 0 Å². The Labute approximate surface area is 127 Å². The van der Waals surface area contributed by atoms with E-state index in [1.165, 1.54) is 12.8 Å². The molecule has 1 amide bonds. The van der Waals surface area contributed by atoms with E-state index in [1.54, 1.807) is 6.07 Å². The van der Waals surface area contributed by atoms with Gasteiger partial charge in [-0.05, 0) is 37.1 Å². The third kappa shape index (κ3) is 6.46. The van der Waals surface area contributed by atoms with Crippen LogP contribution >= 0.6 is 0 Å². The first kappa shape index (κ1) is 17.3. The van der Waals surface area contributed by atoms with E-state index in [4.69, 9.17) is 5.11 Å². The number of rotatable bonds is 7. The smallest absolute Gasteiger partial charge is 0.251 e. The molecule has 2 N–H and O–H groups in total. The zero-order chi connectivity index (χ0) is 15.5. The van der Waals surface area contributed by atoms with E-state index >= 15 is 0 Å². The van der Waals surface area contributed by atoms with Gasteiger partial charge in [0.2, 0.25) is 0 Å². The molecule has 0 spiro atoms. The summed E-state index contributed by atoms with van der Waals surface area (Å²) in [4.78, 5) is 12.0. The maximum Gasteiger partial charge on any atom is 0.251 e. The van der Waals surface area contributed by atoms with Crippen LogP contribution in [0.15, 0.2) is 18.2 Å². The van der Waals surface area contributed by atoms with Gasteiger partial charge < -0.3 is 10.4 Å². The Morgan fingerprint density at radius 3 is 2.76 bits per heavy atom. The number of hydrogen-bond donors (Lipinski definition) is 2. The number of aliphatic hydroxyl groups is 1. The van der Waals surface area contributed by atoms with E-state index in [1.807, 2.05) is 19.1 Å². The fourth-order valence-electron chi connectivity index (χ4n) is 2.01. The summed E-state index contributed by atoms with van der Waals surface area (Å²) in [6, 6.07) is 5.54. The third-order valence-electron chi connectivity index (χ3n) is 3.26. The van der Waals surface area contributed by atoms with Gasteiger partial charge in [-0.15, -0.1) is 0 Å². The summed E-state index contributed by atoms with van der Waals surface area (Å²) in [5.41, 5.74) is 2.57. The van der Waals surface area contributed by atoms with Gasteiger partial charge in [-0.1, -0.05) is 38.0 Å². The second kappa shape index (κ2) is 10.0. The molecule has 3 nitrogen and oxygen atoms in total. The topological polar surface area (TPSA) is 49.3 Å². The number of carbonyl (C=O) groups excluding carboxylic acids is 1. The van der Waals surface area contributed by atoms with Gasteiger partial charge in [0, 0.05) is 24.1 Å². The van der Waals surface area contributed by atoms with Crippen molar-refractivity contribution in [3.63, 3.8) is 0 Å². The molecule has 0 saturated heterocycles. The number of aryl methyl sites for hydroxylation is 1. The lowest BCUT2D eigenvalue weighted by Gasteiger charge is -2.06. The highest BCUT2D eigenvalue weighted by Crippen LogP contribution is 2.10. The van der Waals surface area contributed by atoms with E-state index in [2.05, 4.69) is 24.1 Å². The molecule has 0 aliphatic heterocycles. The number of nitrogens with one attached hydrogen (secondary N) is 1. The fraction of sp³-hybridized carbons (Fsp3) is 0.500. The molecule has 0 aliphatic rings. The lowest BCUT2D eigenvalue weighted by molar-refractivity contribution is 0.0953. The highest BCUT2D eigenvalue weighted by atomic mass is 16.2. The van der Waals surface area contributed by atoms with Crippen molar-refractivity contribution in [3.05, 3.63) is 34.9 Å². The molecule has 0 saturated carbocycles. The molecule has 1 aromatic rings. The van der Waals surface area contributed by atoms with Crippen molar-refractivity contribution in [2.24, 2.45) is 0 Å². The van der Waals surface area contributed by atoms with Crippen LogP contribution in [0.3, 0.4) is 0 Å². The molecule has 1 aromatic carbocycles. The lowest BCUT2D eigenvalue weighted by atomic mass is 10.0. The number of unbranched alkanes of at least 4 members (excludes halogenated alkanes) is 3. The first-order chi connectivity index (χ1) is 10.2. The van der Waals surface area contributed by atoms with E-state index in [0.717, 1.165) is 30.5 Å². The molecule has 0 fully saturated rings. The van der Waals surface area contributed by atoms with E-state index in [9.17, 15) is 4.79 Å². The Bertz CT molecular complexity index is 512. The van der Waals surface area contributed by atoms with Crippen LogP contribution in [0, 0.1) is 18.8 Å². The summed E-state index contributed by atoms with van der Waals surface area (Å²) in [6.45, 7) is 4.92. The van der Waals surface area contributed by atoms with Gasteiger partial charge in [0.1, 0.15) is 0 Å². The van der Waals surface area contributed by atoms with Gasteiger partial charge in [0.05, 0.1) is 6.61 Å². The van der Waals surface area contributed by atoms with Crippen LogP contribution in [0.5, 0.6) is 0 Å². The Kier molecular flexibility index (Phi) is 8.23. The van der Waals surface area contributed by atoms with E-state index in [0.29, 0.717) is 12.0 Å². The zero-order valence-electron chi connectivity index (χ0n) is 13.0. The Balaban J connectivity index is 2.54. The second-order valence-electron chi connectivity index (χ2n) is 5.12.